The molecule has 1 fully saturated rings. The third-order valence-corrected chi connectivity index (χ3v) is 6.58. The number of thioether (sulfide) groups is 1. The van der Waals surface area contributed by atoms with Gasteiger partial charge in [-0.1, -0.05) is 42.0 Å². The van der Waals surface area contributed by atoms with Crippen LogP contribution in [0.25, 0.3) is 6.08 Å². The lowest BCUT2D eigenvalue weighted by Crippen LogP contribution is -2.42. The number of benzene rings is 2. The summed E-state index contributed by atoms with van der Waals surface area (Å²) in [4.78, 5) is 18.0. The Morgan fingerprint density at radius 1 is 1.03 bits per heavy atom. The van der Waals surface area contributed by atoms with Crippen molar-refractivity contribution in [1.82, 2.24) is 9.80 Å². The molecule has 0 N–H and O–H groups in total. The van der Waals surface area contributed by atoms with Gasteiger partial charge in [0, 0.05) is 49.8 Å². The highest BCUT2D eigenvalue weighted by molar-refractivity contribution is 7.99. The van der Waals surface area contributed by atoms with Gasteiger partial charge in [-0.25, -0.2) is 0 Å². The third-order valence-electron chi connectivity index (χ3n) is 5.64. The summed E-state index contributed by atoms with van der Waals surface area (Å²) in [5, 5.41) is 0. The number of carbonyl (C=O) groups is 1. The van der Waals surface area contributed by atoms with Crippen molar-refractivity contribution < 1.29 is 19.0 Å². The van der Waals surface area contributed by atoms with Crippen molar-refractivity contribution in [2.75, 3.05) is 65.6 Å². The van der Waals surface area contributed by atoms with Gasteiger partial charge in [-0.05, 0) is 24.6 Å². The quantitative estimate of drug-likeness (QED) is 0.516. The Hall–Kier alpha value is -2.64. The maximum Gasteiger partial charge on any atom is 0.254 e. The average Bonchev–Trinajstić information content (AvgIpc) is 2.86. The van der Waals surface area contributed by atoms with Gasteiger partial charge in [0.15, 0.2) is 11.5 Å². The highest BCUT2D eigenvalue weighted by Crippen LogP contribution is 2.38. The molecule has 2 aromatic rings. The molecular weight excluding hydrogens is 436 g/mol. The zero-order chi connectivity index (χ0) is 23.6. The molecule has 178 valence electrons. The highest BCUT2D eigenvalue weighted by atomic mass is 32.2. The molecule has 0 radical (unpaired) electrons. The monoisotopic (exact) mass is 470 g/mol. The van der Waals surface area contributed by atoms with Crippen LogP contribution >= 0.6 is 11.8 Å². The maximum atomic E-state index is 13.7. The lowest BCUT2D eigenvalue weighted by Gasteiger charge is -2.30. The molecule has 0 spiro atoms. The van der Waals surface area contributed by atoms with Crippen LogP contribution in [0.1, 0.15) is 22.8 Å². The summed E-state index contributed by atoms with van der Waals surface area (Å²) in [5.41, 5.74) is 2.77. The Morgan fingerprint density at radius 3 is 2.24 bits per heavy atom. The smallest absolute Gasteiger partial charge is 0.254 e. The number of methoxy groups -OCH3 is 3. The number of amides is 1. The van der Waals surface area contributed by atoms with Gasteiger partial charge in [0.1, 0.15) is 0 Å². The van der Waals surface area contributed by atoms with E-state index in [1.165, 1.54) is 0 Å². The fourth-order valence-corrected chi connectivity index (χ4v) is 4.89. The van der Waals surface area contributed by atoms with E-state index in [0.717, 1.165) is 42.3 Å². The van der Waals surface area contributed by atoms with Gasteiger partial charge in [0.05, 0.1) is 21.3 Å². The van der Waals surface area contributed by atoms with Crippen LogP contribution in [0, 0.1) is 0 Å². The summed E-state index contributed by atoms with van der Waals surface area (Å²) in [6.45, 7) is 6.26. The van der Waals surface area contributed by atoms with E-state index in [9.17, 15) is 4.79 Å². The second-order valence-electron chi connectivity index (χ2n) is 8.00. The molecule has 0 bridgehead atoms. The molecule has 0 unspecified atom stereocenters. The van der Waals surface area contributed by atoms with Crippen molar-refractivity contribution in [3.05, 3.63) is 59.2 Å². The normalized spacial score (nSPS) is 14.6. The van der Waals surface area contributed by atoms with Crippen LogP contribution < -0.4 is 14.2 Å². The molecule has 33 heavy (non-hydrogen) atoms. The van der Waals surface area contributed by atoms with Crippen LogP contribution in [0.5, 0.6) is 17.2 Å². The molecular formula is C26H34N2O4S. The van der Waals surface area contributed by atoms with Crippen LogP contribution in [0.15, 0.2) is 48.0 Å². The Labute approximate surface area is 201 Å². The predicted octanol–water partition coefficient (Wildman–Crippen LogP) is 4.31. The summed E-state index contributed by atoms with van der Waals surface area (Å²) in [5.74, 6) is 3.67. The average molecular weight is 471 g/mol. The molecule has 1 aliphatic rings. The minimum absolute atomic E-state index is 0.0542. The second-order valence-corrected chi connectivity index (χ2v) is 9.22. The van der Waals surface area contributed by atoms with Gasteiger partial charge >= 0.3 is 0 Å². The largest absolute Gasteiger partial charge is 0.493 e. The Balaban J connectivity index is 1.85. The maximum absolute atomic E-state index is 13.7. The Kier molecular flexibility index (Phi) is 9.51. The molecule has 1 heterocycles. The van der Waals surface area contributed by atoms with E-state index in [0.29, 0.717) is 35.9 Å². The van der Waals surface area contributed by atoms with E-state index >= 15 is 0 Å². The van der Waals surface area contributed by atoms with Crippen LogP contribution in [0.4, 0.5) is 0 Å². The fourth-order valence-electron chi connectivity index (χ4n) is 3.91. The van der Waals surface area contributed by atoms with Crippen LogP contribution in [-0.4, -0.2) is 81.3 Å². The van der Waals surface area contributed by atoms with E-state index < -0.39 is 0 Å². The first-order chi connectivity index (χ1) is 16.0. The predicted molar refractivity (Wildman–Crippen MR) is 136 cm³/mol. The lowest BCUT2D eigenvalue weighted by molar-refractivity contribution is 0.0752. The minimum atomic E-state index is -0.0542. The summed E-state index contributed by atoms with van der Waals surface area (Å²) in [7, 11) is 4.68. The van der Waals surface area contributed by atoms with E-state index in [2.05, 4.69) is 30.0 Å². The molecule has 0 aromatic heterocycles. The van der Waals surface area contributed by atoms with Gasteiger partial charge in [-0.15, -0.1) is 0 Å². The van der Waals surface area contributed by atoms with E-state index in [4.69, 9.17) is 14.2 Å². The van der Waals surface area contributed by atoms with Gasteiger partial charge in [-0.2, -0.15) is 11.8 Å². The third kappa shape index (κ3) is 6.92. The van der Waals surface area contributed by atoms with Crippen LogP contribution in [0.2, 0.25) is 0 Å². The number of nitrogens with zero attached hydrogens (tertiary/aromatic N) is 2. The Morgan fingerprint density at radius 2 is 1.67 bits per heavy atom. The molecule has 0 atom stereocenters. The molecule has 1 saturated heterocycles. The van der Waals surface area contributed by atoms with Crippen molar-refractivity contribution >= 4 is 23.7 Å². The molecule has 6 nitrogen and oxygen atoms in total. The summed E-state index contributed by atoms with van der Waals surface area (Å²) >= 11 is 1.99. The number of ether oxygens (including phenoxy) is 3. The number of carbonyl (C=O) groups excluding carboxylic acids is 1. The summed E-state index contributed by atoms with van der Waals surface area (Å²) < 4.78 is 16.4. The standard InChI is InChI=1S/C26H34N2O4S/c1-20(16-21-8-6-5-7-9-21)19-28(11-10-27-12-14-33-15-13-27)26(29)22-17-23(30-2)25(32-4)24(18-22)31-3/h5-9,16-18H,10-15,19H2,1-4H3. The Bertz CT molecular complexity index is 918. The van der Waals surface area contributed by atoms with Crippen LogP contribution in [-0.2, 0) is 0 Å². The van der Waals surface area contributed by atoms with E-state index in [1.807, 2.05) is 34.9 Å². The fraction of sp³-hybridized carbons (Fsp3) is 0.423. The van der Waals surface area contributed by atoms with Gasteiger partial charge < -0.3 is 19.1 Å². The highest BCUT2D eigenvalue weighted by Gasteiger charge is 2.22. The molecule has 0 saturated carbocycles. The first-order valence-electron chi connectivity index (χ1n) is 11.2. The summed E-state index contributed by atoms with van der Waals surface area (Å²) in [6.07, 6.45) is 2.13. The molecule has 0 aliphatic carbocycles. The van der Waals surface area contributed by atoms with Gasteiger partial charge in [-0.3, -0.25) is 9.69 Å². The first-order valence-corrected chi connectivity index (χ1v) is 12.3. The minimum Gasteiger partial charge on any atom is -0.493 e. The molecule has 1 amide bonds. The molecule has 2 aromatic carbocycles. The van der Waals surface area contributed by atoms with E-state index in [1.54, 1.807) is 33.5 Å². The van der Waals surface area contributed by atoms with E-state index in [-0.39, 0.29) is 5.91 Å². The first kappa shape index (κ1) is 25.0. The number of rotatable bonds is 10. The topological polar surface area (TPSA) is 51.2 Å². The van der Waals surface area contributed by atoms with Gasteiger partial charge in [0.25, 0.3) is 5.91 Å². The SMILES string of the molecule is COc1cc(C(=O)N(CCN2CCSCC2)CC(C)=Cc2ccccc2)cc(OC)c1OC. The second kappa shape index (κ2) is 12.6. The molecule has 7 heteroatoms. The number of hydrogen-bond acceptors (Lipinski definition) is 6. The van der Waals surface area contributed by atoms with Crippen molar-refractivity contribution in [3.8, 4) is 17.2 Å². The molecule has 1 aliphatic heterocycles. The lowest BCUT2D eigenvalue weighted by atomic mass is 10.1. The van der Waals surface area contributed by atoms with Crippen molar-refractivity contribution in [1.29, 1.82) is 0 Å². The summed E-state index contributed by atoms with van der Waals surface area (Å²) in [6, 6.07) is 13.6. The van der Waals surface area contributed by atoms with Crippen LogP contribution in [0.3, 0.4) is 0 Å². The molecule has 3 rings (SSSR count). The zero-order valence-electron chi connectivity index (χ0n) is 20.0. The van der Waals surface area contributed by atoms with Gasteiger partial charge in [0.2, 0.25) is 5.75 Å². The van der Waals surface area contributed by atoms with Crippen molar-refractivity contribution in [2.45, 2.75) is 6.92 Å². The number of hydrogen-bond donors (Lipinski definition) is 0. The van der Waals surface area contributed by atoms with Crippen molar-refractivity contribution in [2.24, 2.45) is 0 Å². The van der Waals surface area contributed by atoms with Crippen molar-refractivity contribution in [3.63, 3.8) is 0 Å². The zero-order valence-corrected chi connectivity index (χ0v) is 20.8.